The fraction of sp³-hybridized carbons (Fsp3) is 0.727. The molecule has 0 unspecified atom stereocenters. The van der Waals surface area contributed by atoms with Crippen LogP contribution >= 0.6 is 0 Å². The second-order valence-electron chi connectivity index (χ2n) is 4.39. The van der Waals surface area contributed by atoms with Crippen molar-refractivity contribution in [3.8, 4) is 0 Å². The Morgan fingerprint density at radius 2 is 2.20 bits per heavy atom. The zero-order chi connectivity index (χ0) is 10.7. The van der Waals surface area contributed by atoms with Crippen molar-refractivity contribution in [3.63, 3.8) is 0 Å². The van der Waals surface area contributed by atoms with Gasteiger partial charge < -0.3 is 10.2 Å². The van der Waals surface area contributed by atoms with Gasteiger partial charge in [-0.15, -0.1) is 0 Å². The van der Waals surface area contributed by atoms with E-state index in [9.17, 15) is 0 Å². The van der Waals surface area contributed by atoms with E-state index < -0.39 is 0 Å². The summed E-state index contributed by atoms with van der Waals surface area (Å²) in [5.41, 5.74) is 2.63. The molecule has 1 aliphatic heterocycles. The number of hydrogen-bond donors (Lipinski definition) is 2. The second kappa shape index (κ2) is 4.77. The first-order valence-corrected chi connectivity index (χ1v) is 5.97. The van der Waals surface area contributed by atoms with Gasteiger partial charge in [0.05, 0.1) is 5.69 Å². The smallest absolute Gasteiger partial charge is 0.127 e. The molecule has 15 heavy (non-hydrogen) atoms. The van der Waals surface area contributed by atoms with E-state index in [1.54, 1.807) is 4.90 Å². The average molecular weight is 210 g/mol. The van der Waals surface area contributed by atoms with Crippen molar-refractivity contribution >= 4 is 0 Å². The number of rotatable bonds is 3. The summed E-state index contributed by atoms with van der Waals surface area (Å²) < 4.78 is 2.04. The normalized spacial score (nSPS) is 18.3. The van der Waals surface area contributed by atoms with Gasteiger partial charge >= 0.3 is 0 Å². The molecule has 2 heterocycles. The highest BCUT2D eigenvalue weighted by molar-refractivity contribution is 5.13. The molecule has 0 spiro atoms. The van der Waals surface area contributed by atoms with Gasteiger partial charge in [-0.3, -0.25) is 4.68 Å². The lowest BCUT2D eigenvalue weighted by Gasteiger charge is -2.21. The fourth-order valence-corrected chi connectivity index (χ4v) is 2.22. The number of nitrogens with one attached hydrogen (secondary N) is 1. The highest BCUT2D eigenvalue weighted by Crippen LogP contribution is 2.03. The molecule has 1 aromatic rings. The molecule has 1 saturated heterocycles. The monoisotopic (exact) mass is 210 g/mol. The third-order valence-electron chi connectivity index (χ3n) is 3.22. The summed E-state index contributed by atoms with van der Waals surface area (Å²) in [5, 5.41) is 6.90. The maximum absolute atomic E-state index is 4.49. The highest BCUT2D eigenvalue weighted by Gasteiger charge is 2.17. The zero-order valence-electron chi connectivity index (χ0n) is 9.79. The quantitative estimate of drug-likeness (QED) is 0.605. The van der Waals surface area contributed by atoms with Crippen molar-refractivity contribution in [2.45, 2.75) is 26.9 Å². The minimum atomic E-state index is 0.976. The van der Waals surface area contributed by atoms with Gasteiger partial charge in [0, 0.05) is 18.3 Å². The van der Waals surface area contributed by atoms with Crippen molar-refractivity contribution in [1.29, 1.82) is 0 Å². The van der Waals surface area contributed by atoms with Gasteiger partial charge in [-0.05, 0) is 13.8 Å². The van der Waals surface area contributed by atoms with Crippen LogP contribution in [0, 0.1) is 6.92 Å². The topological polar surface area (TPSA) is 38.9 Å². The van der Waals surface area contributed by atoms with Crippen LogP contribution in [0.4, 0.5) is 0 Å². The summed E-state index contributed by atoms with van der Waals surface area (Å²) in [4.78, 5) is 1.70. The predicted octanol–water partition coefficient (Wildman–Crippen LogP) is -1.83. The lowest BCUT2D eigenvalue weighted by Crippen LogP contribution is -3.19. The van der Waals surface area contributed by atoms with Crippen LogP contribution in [0.1, 0.15) is 18.2 Å². The molecule has 4 nitrogen and oxygen atoms in total. The Kier molecular flexibility index (Phi) is 3.38. The lowest BCUT2D eigenvalue weighted by molar-refractivity contribution is -0.958. The zero-order valence-corrected chi connectivity index (χ0v) is 9.79. The summed E-state index contributed by atoms with van der Waals surface area (Å²) in [6.45, 7) is 11.5. The van der Waals surface area contributed by atoms with Gasteiger partial charge in [0.15, 0.2) is 0 Å². The van der Waals surface area contributed by atoms with Crippen molar-refractivity contribution < 1.29 is 10.2 Å². The first-order valence-electron chi connectivity index (χ1n) is 5.97. The third kappa shape index (κ3) is 2.58. The van der Waals surface area contributed by atoms with Crippen molar-refractivity contribution in [3.05, 3.63) is 17.5 Å². The molecule has 0 aromatic carbocycles. The summed E-state index contributed by atoms with van der Waals surface area (Å²) in [7, 11) is 0. The second-order valence-corrected chi connectivity index (χ2v) is 4.39. The fourth-order valence-electron chi connectivity index (χ4n) is 2.22. The van der Waals surface area contributed by atoms with Crippen LogP contribution in [0.3, 0.4) is 0 Å². The Morgan fingerprint density at radius 3 is 2.80 bits per heavy atom. The number of aryl methyl sites for hydroxylation is 2. The van der Waals surface area contributed by atoms with Gasteiger partial charge in [0.25, 0.3) is 0 Å². The van der Waals surface area contributed by atoms with E-state index in [0.29, 0.717) is 0 Å². The summed E-state index contributed by atoms with van der Waals surface area (Å²) >= 11 is 0. The molecule has 0 aliphatic carbocycles. The third-order valence-corrected chi connectivity index (χ3v) is 3.22. The largest absolute Gasteiger partial charge is 0.337 e. The molecular weight excluding hydrogens is 188 g/mol. The molecule has 0 saturated carbocycles. The number of hydrogen-bond acceptors (Lipinski definition) is 1. The van der Waals surface area contributed by atoms with Gasteiger partial charge in [-0.25, -0.2) is 0 Å². The van der Waals surface area contributed by atoms with Crippen LogP contribution in [-0.2, 0) is 13.1 Å². The Hall–Kier alpha value is -0.870. The maximum atomic E-state index is 4.49. The SMILES string of the molecule is CCn1cc(C[NH+]2CC[NH2+]CC2)c(C)n1. The minimum Gasteiger partial charge on any atom is -0.337 e. The van der Waals surface area contributed by atoms with Crippen LogP contribution in [0.5, 0.6) is 0 Å². The molecule has 1 fully saturated rings. The van der Waals surface area contributed by atoms with Gasteiger partial charge in [-0.1, -0.05) is 0 Å². The maximum Gasteiger partial charge on any atom is 0.127 e. The molecule has 0 atom stereocenters. The van der Waals surface area contributed by atoms with E-state index in [1.807, 2.05) is 4.68 Å². The van der Waals surface area contributed by atoms with Crippen molar-refractivity contribution in [1.82, 2.24) is 9.78 Å². The molecule has 1 aliphatic rings. The van der Waals surface area contributed by atoms with Gasteiger partial charge in [-0.2, -0.15) is 5.10 Å². The van der Waals surface area contributed by atoms with Crippen LogP contribution in [0.25, 0.3) is 0 Å². The molecular formula is C11H22N4+2. The number of nitrogens with two attached hydrogens (primary N) is 1. The Labute approximate surface area is 91.3 Å². The molecule has 84 valence electrons. The van der Waals surface area contributed by atoms with Crippen molar-refractivity contribution in [2.24, 2.45) is 0 Å². The van der Waals surface area contributed by atoms with Crippen LogP contribution in [-0.4, -0.2) is 36.0 Å². The van der Waals surface area contributed by atoms with Gasteiger partial charge in [0.1, 0.15) is 32.7 Å². The predicted molar refractivity (Wildman–Crippen MR) is 58.7 cm³/mol. The number of aromatic nitrogens is 2. The van der Waals surface area contributed by atoms with Crippen molar-refractivity contribution in [2.75, 3.05) is 26.2 Å². The van der Waals surface area contributed by atoms with E-state index in [1.165, 1.54) is 37.4 Å². The molecule has 2 rings (SSSR count). The number of piperazine rings is 1. The van der Waals surface area contributed by atoms with E-state index >= 15 is 0 Å². The van der Waals surface area contributed by atoms with Crippen LogP contribution in [0.2, 0.25) is 0 Å². The molecule has 0 bridgehead atoms. The van der Waals surface area contributed by atoms with Crippen LogP contribution < -0.4 is 10.2 Å². The Morgan fingerprint density at radius 1 is 1.47 bits per heavy atom. The lowest BCUT2D eigenvalue weighted by atomic mass is 10.2. The first kappa shape index (κ1) is 10.6. The first-order chi connectivity index (χ1) is 7.29. The summed E-state index contributed by atoms with van der Waals surface area (Å²) in [6.07, 6.45) is 2.21. The molecule has 3 N–H and O–H groups in total. The average Bonchev–Trinajstić information content (AvgIpc) is 2.61. The standard InChI is InChI=1S/C11H20N4/c1-3-15-9-11(10(2)13-15)8-14-6-4-12-5-7-14/h9,12H,3-8H2,1-2H3/p+2. The number of nitrogens with zero attached hydrogens (tertiary/aromatic N) is 2. The summed E-state index contributed by atoms with van der Waals surface area (Å²) in [5.74, 6) is 0. The number of quaternary nitrogens is 2. The molecule has 0 radical (unpaired) electrons. The van der Waals surface area contributed by atoms with E-state index in [-0.39, 0.29) is 0 Å². The molecule has 1 aromatic heterocycles. The highest BCUT2D eigenvalue weighted by atomic mass is 15.3. The molecule has 4 heteroatoms. The van der Waals surface area contributed by atoms with E-state index in [0.717, 1.165) is 13.1 Å². The van der Waals surface area contributed by atoms with E-state index in [4.69, 9.17) is 0 Å². The van der Waals surface area contributed by atoms with E-state index in [2.05, 4.69) is 30.5 Å². The molecule has 0 amide bonds. The Bertz CT molecular complexity index is 312. The minimum absolute atomic E-state index is 0.976. The Balaban J connectivity index is 1.99. The summed E-state index contributed by atoms with van der Waals surface area (Å²) in [6, 6.07) is 0. The van der Waals surface area contributed by atoms with Gasteiger partial charge in [0.2, 0.25) is 0 Å². The van der Waals surface area contributed by atoms with Crippen LogP contribution in [0.15, 0.2) is 6.20 Å².